The molecule has 6 nitrogen and oxygen atoms in total. The standard InChI is InChI=1S/C19H25N3O3/c1-19(2,21-10-6-3-7-11-21)13-20-16(23)12-22-17(24)14-8-4-5-9-15(14)18(22)25/h4-5,8-9H,3,6-7,10-13H2,1-2H3,(H,20,23). The minimum absolute atomic E-state index is 0.141. The number of nitrogens with zero attached hydrogens (tertiary/aromatic N) is 2. The van der Waals surface area contributed by atoms with E-state index in [1.807, 2.05) is 0 Å². The maximum atomic E-state index is 12.3. The molecule has 0 aliphatic carbocycles. The number of carbonyl (C=O) groups is 3. The largest absolute Gasteiger partial charge is 0.353 e. The van der Waals surface area contributed by atoms with E-state index in [1.165, 1.54) is 19.3 Å². The number of amides is 3. The maximum absolute atomic E-state index is 12.3. The summed E-state index contributed by atoms with van der Waals surface area (Å²) in [5, 5.41) is 2.89. The van der Waals surface area contributed by atoms with Crippen LogP contribution in [0.1, 0.15) is 53.8 Å². The summed E-state index contributed by atoms with van der Waals surface area (Å²) in [7, 11) is 0. The smallest absolute Gasteiger partial charge is 0.262 e. The first-order chi connectivity index (χ1) is 11.9. The van der Waals surface area contributed by atoms with Crippen molar-refractivity contribution in [3.63, 3.8) is 0 Å². The molecule has 0 aromatic heterocycles. The summed E-state index contributed by atoms with van der Waals surface area (Å²) in [6.07, 6.45) is 3.64. The summed E-state index contributed by atoms with van der Waals surface area (Å²) in [4.78, 5) is 40.3. The van der Waals surface area contributed by atoms with Gasteiger partial charge in [0.15, 0.2) is 0 Å². The molecule has 0 bridgehead atoms. The first-order valence-corrected chi connectivity index (χ1v) is 8.87. The van der Waals surface area contributed by atoms with Crippen molar-refractivity contribution in [1.29, 1.82) is 0 Å². The number of hydrogen-bond donors (Lipinski definition) is 1. The maximum Gasteiger partial charge on any atom is 0.262 e. The Morgan fingerprint density at radius 3 is 2.16 bits per heavy atom. The summed E-state index contributed by atoms with van der Waals surface area (Å²) in [5.41, 5.74) is 0.598. The number of imide groups is 1. The Kier molecular flexibility index (Phi) is 4.90. The van der Waals surface area contributed by atoms with Crippen molar-refractivity contribution >= 4 is 17.7 Å². The van der Waals surface area contributed by atoms with E-state index in [-0.39, 0.29) is 18.0 Å². The summed E-state index contributed by atoms with van der Waals surface area (Å²) in [6.45, 7) is 6.57. The van der Waals surface area contributed by atoms with E-state index in [1.54, 1.807) is 24.3 Å². The van der Waals surface area contributed by atoms with Crippen LogP contribution in [-0.4, -0.2) is 59.2 Å². The summed E-state index contributed by atoms with van der Waals surface area (Å²) < 4.78 is 0. The Balaban J connectivity index is 1.56. The Morgan fingerprint density at radius 1 is 1.04 bits per heavy atom. The van der Waals surface area contributed by atoms with Gasteiger partial charge in [0.2, 0.25) is 5.91 Å². The highest BCUT2D eigenvalue weighted by Crippen LogP contribution is 2.22. The Labute approximate surface area is 148 Å². The van der Waals surface area contributed by atoms with Crippen molar-refractivity contribution in [2.45, 2.75) is 38.6 Å². The molecule has 0 atom stereocenters. The van der Waals surface area contributed by atoms with Crippen LogP contribution in [0, 0.1) is 0 Å². The van der Waals surface area contributed by atoms with Crippen LogP contribution in [0.3, 0.4) is 0 Å². The number of rotatable bonds is 5. The monoisotopic (exact) mass is 343 g/mol. The van der Waals surface area contributed by atoms with Gasteiger partial charge in [-0.2, -0.15) is 0 Å². The second kappa shape index (κ2) is 6.96. The highest BCUT2D eigenvalue weighted by atomic mass is 16.2. The number of nitrogens with one attached hydrogen (secondary N) is 1. The van der Waals surface area contributed by atoms with Gasteiger partial charge in [0.25, 0.3) is 11.8 Å². The molecule has 0 spiro atoms. The third-order valence-electron chi connectivity index (χ3n) is 5.11. The molecular formula is C19H25N3O3. The van der Waals surface area contributed by atoms with E-state index in [0.29, 0.717) is 17.7 Å². The zero-order chi connectivity index (χ0) is 18.0. The first kappa shape index (κ1) is 17.6. The van der Waals surface area contributed by atoms with Crippen LogP contribution in [0.25, 0.3) is 0 Å². The van der Waals surface area contributed by atoms with Crippen molar-refractivity contribution in [3.05, 3.63) is 35.4 Å². The van der Waals surface area contributed by atoms with Gasteiger partial charge in [-0.1, -0.05) is 18.6 Å². The van der Waals surface area contributed by atoms with Gasteiger partial charge in [0.1, 0.15) is 6.54 Å². The minimum Gasteiger partial charge on any atom is -0.353 e. The lowest BCUT2D eigenvalue weighted by atomic mass is 9.98. The van der Waals surface area contributed by atoms with Gasteiger partial charge in [-0.05, 0) is 51.9 Å². The molecule has 1 aromatic carbocycles. The molecule has 134 valence electrons. The van der Waals surface area contributed by atoms with Crippen LogP contribution in [-0.2, 0) is 4.79 Å². The zero-order valence-electron chi connectivity index (χ0n) is 14.9. The fourth-order valence-corrected chi connectivity index (χ4v) is 3.51. The summed E-state index contributed by atoms with van der Waals surface area (Å²) in [5.74, 6) is -1.10. The second-order valence-corrected chi connectivity index (χ2v) is 7.38. The van der Waals surface area contributed by atoms with Gasteiger partial charge in [0, 0.05) is 12.1 Å². The lowest BCUT2D eigenvalue weighted by molar-refractivity contribution is -0.122. The molecule has 2 heterocycles. The topological polar surface area (TPSA) is 69.7 Å². The van der Waals surface area contributed by atoms with Crippen LogP contribution < -0.4 is 5.32 Å². The lowest BCUT2D eigenvalue weighted by Gasteiger charge is -2.41. The van der Waals surface area contributed by atoms with E-state index in [4.69, 9.17) is 0 Å². The van der Waals surface area contributed by atoms with E-state index >= 15 is 0 Å². The number of hydrogen-bond acceptors (Lipinski definition) is 4. The van der Waals surface area contributed by atoms with Crippen LogP contribution >= 0.6 is 0 Å². The fourth-order valence-electron chi connectivity index (χ4n) is 3.51. The molecule has 3 amide bonds. The molecule has 2 aliphatic rings. The molecule has 1 fully saturated rings. The van der Waals surface area contributed by atoms with Gasteiger partial charge in [-0.3, -0.25) is 24.2 Å². The zero-order valence-corrected chi connectivity index (χ0v) is 14.9. The van der Waals surface area contributed by atoms with E-state index in [0.717, 1.165) is 18.0 Å². The molecular weight excluding hydrogens is 318 g/mol. The van der Waals surface area contributed by atoms with Gasteiger partial charge < -0.3 is 5.32 Å². The van der Waals surface area contributed by atoms with Gasteiger partial charge in [-0.15, -0.1) is 0 Å². The molecule has 0 saturated carbocycles. The van der Waals surface area contributed by atoms with E-state index in [2.05, 4.69) is 24.1 Å². The fraction of sp³-hybridized carbons (Fsp3) is 0.526. The minimum atomic E-state index is -0.397. The van der Waals surface area contributed by atoms with Gasteiger partial charge >= 0.3 is 0 Å². The summed E-state index contributed by atoms with van der Waals surface area (Å²) in [6, 6.07) is 6.67. The average Bonchev–Trinajstić information content (AvgIpc) is 2.86. The number of piperidine rings is 1. The second-order valence-electron chi connectivity index (χ2n) is 7.38. The van der Waals surface area contributed by atoms with Crippen LogP contribution in [0.5, 0.6) is 0 Å². The Hall–Kier alpha value is -2.21. The molecule has 3 rings (SSSR count). The average molecular weight is 343 g/mol. The van der Waals surface area contributed by atoms with Crippen LogP contribution in [0.2, 0.25) is 0 Å². The third kappa shape index (κ3) is 3.58. The Morgan fingerprint density at radius 2 is 1.60 bits per heavy atom. The molecule has 0 unspecified atom stereocenters. The SMILES string of the molecule is CC(C)(CNC(=O)CN1C(=O)c2ccccc2C1=O)N1CCCCC1. The number of benzene rings is 1. The van der Waals surface area contributed by atoms with Crippen molar-refractivity contribution < 1.29 is 14.4 Å². The highest BCUT2D eigenvalue weighted by molar-refractivity contribution is 6.22. The quantitative estimate of drug-likeness (QED) is 0.826. The predicted octanol–water partition coefficient (Wildman–Crippen LogP) is 1.66. The molecule has 0 radical (unpaired) electrons. The molecule has 2 aliphatic heterocycles. The van der Waals surface area contributed by atoms with Crippen molar-refractivity contribution in [2.75, 3.05) is 26.2 Å². The molecule has 1 N–H and O–H groups in total. The Bertz CT molecular complexity index is 658. The first-order valence-electron chi connectivity index (χ1n) is 8.87. The molecule has 1 aromatic rings. The van der Waals surface area contributed by atoms with Crippen molar-refractivity contribution in [1.82, 2.24) is 15.1 Å². The number of likely N-dealkylation sites (tertiary alicyclic amines) is 1. The lowest BCUT2D eigenvalue weighted by Crippen LogP contribution is -2.54. The van der Waals surface area contributed by atoms with E-state index < -0.39 is 11.8 Å². The molecule has 6 heteroatoms. The van der Waals surface area contributed by atoms with Gasteiger partial charge in [-0.25, -0.2) is 0 Å². The van der Waals surface area contributed by atoms with Crippen molar-refractivity contribution in [3.8, 4) is 0 Å². The van der Waals surface area contributed by atoms with Crippen LogP contribution in [0.15, 0.2) is 24.3 Å². The number of fused-ring (bicyclic) bond motifs is 1. The normalized spacial score (nSPS) is 18.4. The third-order valence-corrected chi connectivity index (χ3v) is 5.11. The van der Waals surface area contributed by atoms with Crippen LogP contribution in [0.4, 0.5) is 0 Å². The summed E-state index contributed by atoms with van der Waals surface area (Å²) >= 11 is 0. The van der Waals surface area contributed by atoms with Gasteiger partial charge in [0.05, 0.1) is 11.1 Å². The van der Waals surface area contributed by atoms with Crippen molar-refractivity contribution in [2.24, 2.45) is 0 Å². The predicted molar refractivity (Wildman–Crippen MR) is 94.3 cm³/mol. The number of carbonyl (C=O) groups excluding carboxylic acids is 3. The molecule has 1 saturated heterocycles. The highest BCUT2D eigenvalue weighted by Gasteiger charge is 2.36. The molecule has 25 heavy (non-hydrogen) atoms. The van der Waals surface area contributed by atoms with E-state index in [9.17, 15) is 14.4 Å².